The topological polar surface area (TPSA) is 79.4 Å². The first kappa shape index (κ1) is 16.1. The third-order valence-electron chi connectivity index (χ3n) is 4.77. The predicted molar refractivity (Wildman–Crippen MR) is 87.0 cm³/mol. The molecule has 7 heteroatoms. The number of aromatic nitrogens is 1. The average molecular weight is 335 g/mol. The van der Waals surface area contributed by atoms with Crippen LogP contribution >= 0.6 is 11.3 Å². The monoisotopic (exact) mass is 335 g/mol. The highest BCUT2D eigenvalue weighted by Gasteiger charge is 2.47. The molecule has 1 saturated heterocycles. The smallest absolute Gasteiger partial charge is 0.233 e. The number of anilines is 1. The van der Waals surface area contributed by atoms with Crippen molar-refractivity contribution in [1.29, 1.82) is 0 Å². The van der Waals surface area contributed by atoms with Gasteiger partial charge in [-0.25, -0.2) is 4.98 Å². The summed E-state index contributed by atoms with van der Waals surface area (Å²) in [4.78, 5) is 43.3. The van der Waals surface area contributed by atoms with Crippen molar-refractivity contribution in [2.75, 3.05) is 11.9 Å². The molecule has 0 aromatic carbocycles. The van der Waals surface area contributed by atoms with Gasteiger partial charge in [-0.15, -0.1) is 11.3 Å². The molecular weight excluding hydrogens is 314 g/mol. The number of nitrogens with one attached hydrogen (secondary N) is 1. The quantitative estimate of drug-likeness (QED) is 0.856. The number of carbonyl (C=O) groups is 3. The maximum absolute atomic E-state index is 12.3. The summed E-state index contributed by atoms with van der Waals surface area (Å²) in [5.41, 5.74) is 0.902. The molecule has 124 valence electrons. The molecule has 0 unspecified atom stereocenters. The molecule has 1 aliphatic heterocycles. The van der Waals surface area contributed by atoms with Crippen molar-refractivity contribution < 1.29 is 14.4 Å². The van der Waals surface area contributed by atoms with E-state index < -0.39 is 0 Å². The second-order valence-corrected chi connectivity index (χ2v) is 7.49. The van der Waals surface area contributed by atoms with Gasteiger partial charge in [-0.05, 0) is 26.7 Å². The van der Waals surface area contributed by atoms with Gasteiger partial charge in [0.05, 0.1) is 17.5 Å². The second-order valence-electron chi connectivity index (χ2n) is 6.28. The van der Waals surface area contributed by atoms with Crippen LogP contribution in [0.1, 0.15) is 42.7 Å². The molecule has 3 rings (SSSR count). The van der Waals surface area contributed by atoms with E-state index in [9.17, 15) is 14.4 Å². The Bertz CT molecular complexity index is 611. The van der Waals surface area contributed by atoms with E-state index in [1.807, 2.05) is 13.8 Å². The summed E-state index contributed by atoms with van der Waals surface area (Å²) < 4.78 is 0. The number of imide groups is 1. The van der Waals surface area contributed by atoms with Crippen LogP contribution in [-0.4, -0.2) is 34.2 Å². The fourth-order valence-electron chi connectivity index (χ4n) is 3.37. The van der Waals surface area contributed by atoms with Crippen LogP contribution in [0.2, 0.25) is 0 Å². The lowest BCUT2D eigenvalue weighted by molar-refractivity contribution is -0.140. The van der Waals surface area contributed by atoms with E-state index in [-0.39, 0.29) is 42.5 Å². The normalized spacial score (nSPS) is 24.0. The van der Waals surface area contributed by atoms with Crippen LogP contribution in [0, 0.1) is 25.7 Å². The molecule has 0 bridgehead atoms. The van der Waals surface area contributed by atoms with Crippen molar-refractivity contribution in [3.8, 4) is 0 Å². The molecule has 1 saturated carbocycles. The third kappa shape index (κ3) is 3.15. The van der Waals surface area contributed by atoms with E-state index in [0.717, 1.165) is 36.3 Å². The van der Waals surface area contributed by atoms with E-state index >= 15 is 0 Å². The van der Waals surface area contributed by atoms with E-state index in [1.54, 1.807) is 0 Å². The van der Waals surface area contributed by atoms with Gasteiger partial charge >= 0.3 is 0 Å². The van der Waals surface area contributed by atoms with Crippen LogP contribution in [-0.2, 0) is 14.4 Å². The van der Waals surface area contributed by atoms with Gasteiger partial charge in [0.1, 0.15) is 0 Å². The van der Waals surface area contributed by atoms with Crippen LogP contribution in [0.25, 0.3) is 0 Å². The van der Waals surface area contributed by atoms with E-state index in [4.69, 9.17) is 0 Å². The number of likely N-dealkylation sites (tertiary alicyclic amines) is 1. The van der Waals surface area contributed by atoms with Gasteiger partial charge in [0, 0.05) is 17.8 Å². The Kier molecular flexibility index (Phi) is 4.48. The van der Waals surface area contributed by atoms with Crippen LogP contribution in [0.15, 0.2) is 0 Å². The number of nitrogens with zero attached hydrogens (tertiary/aromatic N) is 2. The van der Waals surface area contributed by atoms with Crippen molar-refractivity contribution in [2.24, 2.45) is 11.8 Å². The minimum atomic E-state index is -0.214. The summed E-state index contributed by atoms with van der Waals surface area (Å²) >= 11 is 1.43. The lowest BCUT2D eigenvalue weighted by Crippen LogP contribution is -2.34. The van der Waals surface area contributed by atoms with Crippen LogP contribution in [0.3, 0.4) is 0 Å². The van der Waals surface area contributed by atoms with Crippen molar-refractivity contribution in [3.63, 3.8) is 0 Å². The third-order valence-corrected chi connectivity index (χ3v) is 5.76. The molecule has 23 heavy (non-hydrogen) atoms. The lowest BCUT2D eigenvalue weighted by Gasteiger charge is -2.19. The van der Waals surface area contributed by atoms with Crippen molar-refractivity contribution in [1.82, 2.24) is 9.88 Å². The molecule has 6 nitrogen and oxygen atoms in total. The molecule has 2 atom stereocenters. The largest absolute Gasteiger partial charge is 0.302 e. The van der Waals surface area contributed by atoms with Gasteiger partial charge in [-0.2, -0.15) is 0 Å². The second kappa shape index (κ2) is 6.39. The fraction of sp³-hybridized carbons (Fsp3) is 0.625. The number of aryl methyl sites for hydroxylation is 2. The number of hydrogen-bond donors (Lipinski definition) is 1. The molecule has 3 amide bonds. The zero-order valence-electron chi connectivity index (χ0n) is 13.4. The Labute approximate surface area is 139 Å². The number of rotatable bonds is 4. The fourth-order valence-corrected chi connectivity index (χ4v) is 4.20. The molecule has 1 aliphatic carbocycles. The van der Waals surface area contributed by atoms with Crippen LogP contribution < -0.4 is 5.32 Å². The standard InChI is InChI=1S/C16H21N3O3S/c1-9-10(2)23-16(17-9)18-13(20)7-8-19-14(21)11-5-3-4-6-12(11)15(19)22/h11-12H,3-8H2,1-2H3,(H,17,18,20)/t11-,12-/m0/s1. The molecule has 2 heterocycles. The molecule has 1 aromatic heterocycles. The molecule has 0 spiro atoms. The minimum absolute atomic E-state index is 0.0894. The van der Waals surface area contributed by atoms with Crippen LogP contribution in [0.5, 0.6) is 0 Å². The first-order valence-electron chi connectivity index (χ1n) is 8.06. The van der Waals surface area contributed by atoms with E-state index in [1.165, 1.54) is 16.2 Å². The molecule has 2 aliphatic rings. The van der Waals surface area contributed by atoms with Crippen molar-refractivity contribution >= 4 is 34.2 Å². The Balaban J connectivity index is 1.56. The zero-order chi connectivity index (χ0) is 16.6. The summed E-state index contributed by atoms with van der Waals surface area (Å²) in [5, 5.41) is 3.31. The number of carbonyl (C=O) groups excluding carboxylic acids is 3. The minimum Gasteiger partial charge on any atom is -0.302 e. The Morgan fingerprint density at radius 3 is 2.35 bits per heavy atom. The number of fused-ring (bicyclic) bond motifs is 1. The number of thiazole rings is 1. The molecule has 0 radical (unpaired) electrons. The Morgan fingerprint density at radius 2 is 1.83 bits per heavy atom. The van der Waals surface area contributed by atoms with Crippen molar-refractivity contribution in [3.05, 3.63) is 10.6 Å². The Morgan fingerprint density at radius 1 is 1.22 bits per heavy atom. The lowest BCUT2D eigenvalue weighted by atomic mass is 9.81. The van der Waals surface area contributed by atoms with Gasteiger partial charge in [-0.3, -0.25) is 19.3 Å². The highest BCUT2D eigenvalue weighted by molar-refractivity contribution is 7.15. The molecular formula is C16H21N3O3S. The van der Waals surface area contributed by atoms with E-state index in [0.29, 0.717) is 5.13 Å². The predicted octanol–water partition coefficient (Wildman–Crippen LogP) is 2.26. The highest BCUT2D eigenvalue weighted by atomic mass is 32.1. The average Bonchev–Trinajstić information content (AvgIpc) is 2.96. The maximum atomic E-state index is 12.3. The van der Waals surface area contributed by atoms with Gasteiger partial charge in [0.25, 0.3) is 0 Å². The number of hydrogen-bond acceptors (Lipinski definition) is 5. The summed E-state index contributed by atoms with van der Waals surface area (Å²) in [6, 6.07) is 0. The van der Waals surface area contributed by atoms with Gasteiger partial charge in [0.15, 0.2) is 5.13 Å². The zero-order valence-corrected chi connectivity index (χ0v) is 14.2. The summed E-state index contributed by atoms with van der Waals surface area (Å²) in [7, 11) is 0. The number of amides is 3. The highest BCUT2D eigenvalue weighted by Crippen LogP contribution is 2.38. The maximum Gasteiger partial charge on any atom is 0.233 e. The SMILES string of the molecule is Cc1nc(NC(=O)CCN2C(=O)[C@H]3CCCC[C@@H]3C2=O)sc1C. The summed E-state index contributed by atoms with van der Waals surface area (Å²) in [6.07, 6.45) is 3.74. The summed E-state index contributed by atoms with van der Waals surface area (Å²) in [6.45, 7) is 4.01. The van der Waals surface area contributed by atoms with Crippen LogP contribution in [0.4, 0.5) is 5.13 Å². The molecule has 2 fully saturated rings. The Hall–Kier alpha value is -1.76. The summed E-state index contributed by atoms with van der Waals surface area (Å²) in [5.74, 6) is -0.691. The molecule has 1 N–H and O–H groups in total. The first-order valence-corrected chi connectivity index (χ1v) is 8.88. The van der Waals surface area contributed by atoms with E-state index in [2.05, 4.69) is 10.3 Å². The van der Waals surface area contributed by atoms with Crippen molar-refractivity contribution in [2.45, 2.75) is 46.0 Å². The first-order chi connectivity index (χ1) is 11.0. The van der Waals surface area contributed by atoms with Gasteiger partial charge in [-0.1, -0.05) is 12.8 Å². The van der Waals surface area contributed by atoms with Gasteiger partial charge < -0.3 is 5.32 Å². The molecule has 1 aromatic rings. The van der Waals surface area contributed by atoms with Gasteiger partial charge in [0.2, 0.25) is 17.7 Å².